The first-order valence-corrected chi connectivity index (χ1v) is 7.01. The molecule has 0 aromatic carbocycles. The summed E-state index contributed by atoms with van der Waals surface area (Å²) >= 11 is 0. The number of rotatable bonds is 3. The fourth-order valence-electron chi connectivity index (χ4n) is 2.51. The molecule has 0 aliphatic carbocycles. The third kappa shape index (κ3) is 2.51. The van der Waals surface area contributed by atoms with E-state index in [2.05, 4.69) is 15.5 Å². The predicted molar refractivity (Wildman–Crippen MR) is 83.0 cm³/mol. The van der Waals surface area contributed by atoms with Crippen LogP contribution in [-0.2, 0) is 7.05 Å². The Morgan fingerprint density at radius 3 is 2.40 bits per heavy atom. The molecule has 11 nitrogen and oxygen atoms in total. The molecule has 25 heavy (non-hydrogen) atoms. The van der Waals surface area contributed by atoms with Gasteiger partial charge < -0.3 is 19.9 Å². The molecule has 0 bridgehead atoms. The average Bonchev–Trinajstić information content (AvgIpc) is 3.13. The van der Waals surface area contributed by atoms with Crippen molar-refractivity contribution in [2.45, 2.75) is 13.8 Å². The second kappa shape index (κ2) is 5.47. The lowest BCUT2D eigenvalue weighted by molar-refractivity contribution is 0.0665. The summed E-state index contributed by atoms with van der Waals surface area (Å²) < 4.78 is 7.18. The van der Waals surface area contributed by atoms with Crippen molar-refractivity contribution in [3.05, 3.63) is 28.8 Å². The molecule has 1 amide bonds. The fraction of sp³-hybridized carbons (Fsp3) is 0.214. The summed E-state index contributed by atoms with van der Waals surface area (Å²) in [4.78, 5) is 34.8. The maximum absolute atomic E-state index is 12.5. The Hall–Kier alpha value is -3.63. The molecule has 0 spiro atoms. The number of carbonyl (C=O) groups excluding carboxylic acids is 1. The first kappa shape index (κ1) is 16.2. The average molecular weight is 347 g/mol. The molecule has 3 aromatic heterocycles. The maximum Gasteiger partial charge on any atom is 0.432 e. The Morgan fingerprint density at radius 1 is 1.20 bits per heavy atom. The van der Waals surface area contributed by atoms with Gasteiger partial charge in [-0.1, -0.05) is 0 Å². The quantitative estimate of drug-likeness (QED) is 0.643. The lowest BCUT2D eigenvalue weighted by Crippen LogP contribution is -2.16. The summed E-state index contributed by atoms with van der Waals surface area (Å²) in [7, 11) is 1.68. The van der Waals surface area contributed by atoms with Gasteiger partial charge in [0.15, 0.2) is 11.4 Å². The number of amides is 1. The van der Waals surface area contributed by atoms with E-state index in [1.54, 1.807) is 20.9 Å². The van der Waals surface area contributed by atoms with Crippen LogP contribution in [0.2, 0.25) is 0 Å². The number of hydrogen-bond donors (Lipinski definition) is 3. The molecular weight excluding hydrogens is 334 g/mol. The summed E-state index contributed by atoms with van der Waals surface area (Å²) in [5.74, 6) is -2.60. The fourth-order valence-corrected chi connectivity index (χ4v) is 2.51. The Labute approximate surface area is 139 Å². The van der Waals surface area contributed by atoms with Gasteiger partial charge in [0.1, 0.15) is 5.52 Å². The van der Waals surface area contributed by atoms with Crippen molar-refractivity contribution in [2.24, 2.45) is 7.05 Å². The van der Waals surface area contributed by atoms with Crippen LogP contribution in [0.4, 0.5) is 10.6 Å². The minimum absolute atomic E-state index is 0.0835. The van der Waals surface area contributed by atoms with E-state index in [4.69, 9.17) is 9.52 Å². The van der Waals surface area contributed by atoms with E-state index in [1.807, 2.05) is 0 Å². The summed E-state index contributed by atoms with van der Waals surface area (Å²) in [6.45, 7) is 3.36. The number of anilines is 1. The number of nitrogens with zero attached hydrogens (tertiary/aromatic N) is 4. The molecule has 3 rings (SSSR count). The standard InChI is InChI=1S/C14H13N5O6/c1-5-9(6(2)18(3)16-5)12(20)15-11-10-7(19(17-11)14(23)24)4-8(25-10)13(21)22/h4H,1-3H3,(H,21,22)(H,23,24)(H,15,17,20). The number of aromatic carboxylic acids is 1. The van der Waals surface area contributed by atoms with E-state index < -0.39 is 23.7 Å². The number of carboxylic acid groups (broad SMARTS) is 2. The number of carbonyl (C=O) groups is 3. The number of furan rings is 1. The molecule has 0 aliphatic heterocycles. The van der Waals surface area contributed by atoms with Crippen LogP contribution in [0.25, 0.3) is 11.1 Å². The molecular formula is C14H13N5O6. The highest BCUT2D eigenvalue weighted by Gasteiger charge is 2.25. The molecule has 0 aliphatic rings. The highest BCUT2D eigenvalue weighted by Crippen LogP contribution is 2.27. The number of aromatic nitrogens is 4. The smallest absolute Gasteiger partial charge is 0.432 e. The molecule has 3 heterocycles. The zero-order chi connectivity index (χ0) is 18.5. The second-order valence-electron chi connectivity index (χ2n) is 5.30. The van der Waals surface area contributed by atoms with Gasteiger partial charge in [-0.25, -0.2) is 9.59 Å². The Morgan fingerprint density at radius 2 is 1.88 bits per heavy atom. The van der Waals surface area contributed by atoms with Crippen molar-refractivity contribution in [1.29, 1.82) is 0 Å². The number of fused-ring (bicyclic) bond motifs is 1. The van der Waals surface area contributed by atoms with Crippen molar-refractivity contribution in [2.75, 3.05) is 5.32 Å². The van der Waals surface area contributed by atoms with Crippen molar-refractivity contribution in [3.63, 3.8) is 0 Å². The van der Waals surface area contributed by atoms with E-state index in [9.17, 15) is 19.5 Å². The van der Waals surface area contributed by atoms with Gasteiger partial charge >= 0.3 is 12.1 Å². The molecule has 0 fully saturated rings. The minimum atomic E-state index is -1.45. The highest BCUT2D eigenvalue weighted by molar-refractivity contribution is 6.09. The topological polar surface area (TPSA) is 152 Å². The van der Waals surface area contributed by atoms with Crippen LogP contribution >= 0.6 is 0 Å². The SMILES string of the molecule is Cc1nn(C)c(C)c1C(=O)Nc1nn(C(=O)O)c2cc(C(=O)O)oc12. The van der Waals surface area contributed by atoms with Gasteiger partial charge in [-0.2, -0.15) is 9.78 Å². The van der Waals surface area contributed by atoms with Gasteiger partial charge in [-0.3, -0.25) is 9.48 Å². The van der Waals surface area contributed by atoms with Gasteiger partial charge in [0.2, 0.25) is 5.76 Å². The lowest BCUT2D eigenvalue weighted by Gasteiger charge is -2.02. The van der Waals surface area contributed by atoms with E-state index in [-0.39, 0.29) is 16.9 Å². The summed E-state index contributed by atoms with van der Waals surface area (Å²) in [5.41, 5.74) is 1.17. The maximum atomic E-state index is 12.5. The molecule has 3 aromatic rings. The monoisotopic (exact) mass is 347 g/mol. The largest absolute Gasteiger partial charge is 0.475 e. The van der Waals surface area contributed by atoms with Crippen LogP contribution < -0.4 is 5.32 Å². The molecule has 3 N–H and O–H groups in total. The van der Waals surface area contributed by atoms with Gasteiger partial charge in [0.25, 0.3) is 5.91 Å². The zero-order valence-corrected chi connectivity index (χ0v) is 13.4. The van der Waals surface area contributed by atoms with E-state index in [0.717, 1.165) is 6.07 Å². The van der Waals surface area contributed by atoms with E-state index >= 15 is 0 Å². The lowest BCUT2D eigenvalue weighted by atomic mass is 10.2. The van der Waals surface area contributed by atoms with Gasteiger partial charge in [0, 0.05) is 18.8 Å². The van der Waals surface area contributed by atoms with Crippen molar-refractivity contribution >= 4 is 34.9 Å². The Balaban J connectivity index is 2.08. The van der Waals surface area contributed by atoms with Gasteiger partial charge in [-0.15, -0.1) is 5.10 Å². The predicted octanol–water partition coefficient (Wildman–Crippen LogP) is 1.46. The van der Waals surface area contributed by atoms with Crippen LogP contribution in [0.1, 0.15) is 32.3 Å². The molecule has 0 atom stereocenters. The van der Waals surface area contributed by atoms with Crippen LogP contribution in [0.15, 0.2) is 10.5 Å². The number of aryl methyl sites for hydroxylation is 2. The molecule has 0 unspecified atom stereocenters. The number of nitrogens with one attached hydrogen (secondary N) is 1. The van der Waals surface area contributed by atoms with E-state index in [1.165, 1.54) is 4.68 Å². The highest BCUT2D eigenvalue weighted by atomic mass is 16.4. The van der Waals surface area contributed by atoms with Crippen LogP contribution in [0.5, 0.6) is 0 Å². The minimum Gasteiger partial charge on any atom is -0.475 e. The molecule has 11 heteroatoms. The van der Waals surface area contributed by atoms with Gasteiger partial charge in [0.05, 0.1) is 11.3 Å². The summed E-state index contributed by atoms with van der Waals surface area (Å²) in [5, 5.41) is 28.5. The van der Waals surface area contributed by atoms with Crippen LogP contribution in [0.3, 0.4) is 0 Å². The first-order chi connectivity index (χ1) is 11.7. The normalized spacial score (nSPS) is 11.0. The molecule has 0 radical (unpaired) electrons. The first-order valence-electron chi connectivity index (χ1n) is 7.01. The Bertz CT molecular complexity index is 1040. The van der Waals surface area contributed by atoms with Crippen LogP contribution in [-0.4, -0.2) is 47.7 Å². The summed E-state index contributed by atoms with van der Waals surface area (Å²) in [6.07, 6.45) is -1.45. The third-order valence-electron chi connectivity index (χ3n) is 3.72. The summed E-state index contributed by atoms with van der Waals surface area (Å²) in [6, 6.07) is 1.02. The third-order valence-corrected chi connectivity index (χ3v) is 3.72. The molecule has 0 saturated heterocycles. The van der Waals surface area contributed by atoms with Gasteiger partial charge in [-0.05, 0) is 13.8 Å². The van der Waals surface area contributed by atoms with Crippen molar-refractivity contribution in [3.8, 4) is 0 Å². The van der Waals surface area contributed by atoms with Crippen molar-refractivity contribution < 1.29 is 29.0 Å². The zero-order valence-electron chi connectivity index (χ0n) is 13.4. The number of hydrogen-bond acceptors (Lipinski definition) is 6. The second-order valence-corrected chi connectivity index (χ2v) is 5.30. The van der Waals surface area contributed by atoms with Crippen LogP contribution in [0, 0.1) is 13.8 Å². The van der Waals surface area contributed by atoms with Crippen molar-refractivity contribution in [1.82, 2.24) is 19.6 Å². The molecule has 130 valence electrons. The molecule has 0 saturated carbocycles. The number of carboxylic acids is 1. The van der Waals surface area contributed by atoms with E-state index in [0.29, 0.717) is 21.6 Å². The Kier molecular flexibility index (Phi) is 3.55.